The van der Waals surface area contributed by atoms with Crippen LogP contribution in [0.2, 0.25) is 5.02 Å². The van der Waals surface area contributed by atoms with E-state index in [4.69, 9.17) is 11.6 Å². The molecule has 5 heteroatoms. The normalized spacial score (nSPS) is 20.3. The first kappa shape index (κ1) is 16.5. The largest absolute Gasteiger partial charge is 0.481 e. The van der Waals surface area contributed by atoms with Gasteiger partial charge in [-0.25, -0.2) is 0 Å². The van der Waals surface area contributed by atoms with Gasteiger partial charge in [-0.3, -0.25) is 9.69 Å². The standard InChI is InChI=1S/C18H20ClNO2S/c1-12-7-8-16(23-12)17(13-4-2-6-15(19)10-13)20-9-3-5-14(11-20)18(21)22/h2,4,6-8,10,14,17H,3,5,9,11H2,1H3,(H,21,22). The maximum atomic E-state index is 11.4. The first-order valence-corrected chi connectivity index (χ1v) is 9.02. The Labute approximate surface area is 145 Å². The average molecular weight is 350 g/mol. The Morgan fingerprint density at radius 3 is 2.87 bits per heavy atom. The van der Waals surface area contributed by atoms with Crippen molar-refractivity contribution in [3.05, 3.63) is 56.7 Å². The molecule has 2 aromatic rings. The predicted octanol–water partition coefficient (Wildman–Crippen LogP) is 4.60. The van der Waals surface area contributed by atoms with Gasteiger partial charge >= 0.3 is 5.97 Å². The highest BCUT2D eigenvalue weighted by Gasteiger charge is 2.31. The second-order valence-corrected chi connectivity index (χ2v) is 7.83. The molecule has 1 saturated heterocycles. The minimum atomic E-state index is -0.693. The first-order chi connectivity index (χ1) is 11.0. The number of hydrogen-bond donors (Lipinski definition) is 1. The van der Waals surface area contributed by atoms with Crippen molar-refractivity contribution < 1.29 is 9.90 Å². The SMILES string of the molecule is Cc1ccc(C(c2cccc(Cl)c2)N2CCCC(C(=O)O)C2)s1. The summed E-state index contributed by atoms with van der Waals surface area (Å²) < 4.78 is 0. The van der Waals surface area contributed by atoms with Gasteiger partial charge in [-0.05, 0) is 56.1 Å². The van der Waals surface area contributed by atoms with Crippen LogP contribution < -0.4 is 0 Å². The number of aryl methyl sites for hydroxylation is 1. The number of carbonyl (C=O) groups is 1. The van der Waals surface area contributed by atoms with E-state index in [2.05, 4.69) is 30.0 Å². The van der Waals surface area contributed by atoms with E-state index in [-0.39, 0.29) is 12.0 Å². The Morgan fingerprint density at radius 1 is 1.39 bits per heavy atom. The summed E-state index contributed by atoms with van der Waals surface area (Å²) in [5.41, 5.74) is 1.13. The highest BCUT2D eigenvalue weighted by atomic mass is 35.5. The Kier molecular flexibility index (Phi) is 5.05. The molecule has 0 radical (unpaired) electrons. The highest BCUT2D eigenvalue weighted by molar-refractivity contribution is 7.12. The number of likely N-dealkylation sites (tertiary alicyclic amines) is 1. The summed E-state index contributed by atoms with van der Waals surface area (Å²) in [6, 6.07) is 12.3. The van der Waals surface area contributed by atoms with Gasteiger partial charge in [-0.15, -0.1) is 11.3 Å². The van der Waals surface area contributed by atoms with Crippen molar-refractivity contribution in [3.63, 3.8) is 0 Å². The molecule has 3 nitrogen and oxygen atoms in total. The van der Waals surface area contributed by atoms with Gasteiger partial charge in [0, 0.05) is 21.3 Å². The van der Waals surface area contributed by atoms with Gasteiger partial charge in [0.1, 0.15) is 0 Å². The predicted molar refractivity (Wildman–Crippen MR) is 94.3 cm³/mol. The van der Waals surface area contributed by atoms with Gasteiger partial charge < -0.3 is 5.11 Å². The van der Waals surface area contributed by atoms with Crippen LogP contribution in [0.5, 0.6) is 0 Å². The van der Waals surface area contributed by atoms with E-state index in [1.165, 1.54) is 9.75 Å². The Balaban J connectivity index is 1.96. The Bertz CT molecular complexity index is 700. The van der Waals surface area contributed by atoms with Gasteiger partial charge in [0.2, 0.25) is 0 Å². The van der Waals surface area contributed by atoms with Crippen LogP contribution in [0.25, 0.3) is 0 Å². The van der Waals surface area contributed by atoms with Crippen molar-refractivity contribution in [1.29, 1.82) is 0 Å². The van der Waals surface area contributed by atoms with Crippen molar-refractivity contribution in [2.45, 2.75) is 25.8 Å². The summed E-state index contributed by atoms with van der Waals surface area (Å²) in [5.74, 6) is -0.978. The summed E-state index contributed by atoms with van der Waals surface area (Å²) in [6.45, 7) is 3.60. The zero-order valence-corrected chi connectivity index (χ0v) is 14.6. The van der Waals surface area contributed by atoms with Crippen LogP contribution in [0, 0.1) is 12.8 Å². The number of hydrogen-bond acceptors (Lipinski definition) is 3. The van der Waals surface area contributed by atoms with Crippen LogP contribution in [0.3, 0.4) is 0 Å². The second-order valence-electron chi connectivity index (χ2n) is 6.08. The third kappa shape index (κ3) is 3.77. The lowest BCUT2D eigenvalue weighted by Gasteiger charge is -2.37. The quantitative estimate of drug-likeness (QED) is 0.877. The monoisotopic (exact) mass is 349 g/mol. The maximum absolute atomic E-state index is 11.4. The lowest BCUT2D eigenvalue weighted by atomic mass is 9.94. The minimum absolute atomic E-state index is 0.0783. The summed E-state index contributed by atoms with van der Waals surface area (Å²) >= 11 is 7.96. The van der Waals surface area contributed by atoms with E-state index >= 15 is 0 Å². The molecule has 0 amide bonds. The summed E-state index contributed by atoms with van der Waals surface area (Å²) in [5, 5.41) is 10.1. The number of rotatable bonds is 4. The molecule has 0 bridgehead atoms. The Hall–Kier alpha value is -1.36. The minimum Gasteiger partial charge on any atom is -0.481 e. The molecule has 122 valence electrons. The van der Waals surface area contributed by atoms with E-state index in [9.17, 15) is 9.90 Å². The third-order valence-electron chi connectivity index (χ3n) is 4.36. The zero-order chi connectivity index (χ0) is 16.4. The van der Waals surface area contributed by atoms with Gasteiger partial charge in [0.15, 0.2) is 0 Å². The lowest BCUT2D eigenvalue weighted by molar-refractivity contribution is -0.143. The van der Waals surface area contributed by atoms with E-state index in [1.54, 1.807) is 11.3 Å². The molecule has 1 aromatic heterocycles. The molecule has 1 fully saturated rings. The molecule has 1 aromatic carbocycles. The zero-order valence-electron chi connectivity index (χ0n) is 13.0. The number of piperidine rings is 1. The summed E-state index contributed by atoms with van der Waals surface area (Å²) in [4.78, 5) is 16.2. The fourth-order valence-electron chi connectivity index (χ4n) is 3.27. The average Bonchev–Trinajstić information content (AvgIpc) is 2.94. The number of carboxylic acid groups (broad SMARTS) is 1. The molecular formula is C18H20ClNO2S. The second kappa shape index (κ2) is 7.04. The summed E-state index contributed by atoms with van der Waals surface area (Å²) in [6.07, 6.45) is 1.68. The molecular weight excluding hydrogens is 330 g/mol. The molecule has 23 heavy (non-hydrogen) atoms. The van der Waals surface area contributed by atoms with Crippen molar-refractivity contribution >= 4 is 28.9 Å². The third-order valence-corrected chi connectivity index (χ3v) is 5.65. The van der Waals surface area contributed by atoms with E-state index in [1.807, 2.05) is 18.2 Å². The fraction of sp³-hybridized carbons (Fsp3) is 0.389. The topological polar surface area (TPSA) is 40.5 Å². The van der Waals surface area contributed by atoms with E-state index < -0.39 is 5.97 Å². The van der Waals surface area contributed by atoms with Gasteiger partial charge in [-0.1, -0.05) is 23.7 Å². The molecule has 0 aliphatic carbocycles. The highest BCUT2D eigenvalue weighted by Crippen LogP contribution is 2.36. The van der Waals surface area contributed by atoms with E-state index in [0.717, 1.165) is 24.9 Å². The number of carboxylic acids is 1. The smallest absolute Gasteiger partial charge is 0.307 e. The van der Waals surface area contributed by atoms with Crippen LogP contribution >= 0.6 is 22.9 Å². The number of nitrogens with zero attached hydrogens (tertiary/aromatic N) is 1. The molecule has 2 atom stereocenters. The maximum Gasteiger partial charge on any atom is 0.307 e. The van der Waals surface area contributed by atoms with Crippen LogP contribution in [0.15, 0.2) is 36.4 Å². The van der Waals surface area contributed by atoms with Crippen molar-refractivity contribution in [2.75, 3.05) is 13.1 Å². The van der Waals surface area contributed by atoms with Crippen LogP contribution in [0.4, 0.5) is 0 Å². The molecule has 2 heterocycles. The van der Waals surface area contributed by atoms with Crippen molar-refractivity contribution in [3.8, 4) is 0 Å². The van der Waals surface area contributed by atoms with Crippen molar-refractivity contribution in [1.82, 2.24) is 4.90 Å². The molecule has 1 N–H and O–H groups in total. The Morgan fingerprint density at radius 2 is 2.22 bits per heavy atom. The number of thiophene rings is 1. The molecule has 1 aliphatic rings. The number of aliphatic carboxylic acids is 1. The van der Waals surface area contributed by atoms with Gasteiger partial charge in [0.25, 0.3) is 0 Å². The van der Waals surface area contributed by atoms with Crippen LogP contribution in [0.1, 0.15) is 34.2 Å². The molecule has 3 rings (SSSR count). The van der Waals surface area contributed by atoms with E-state index in [0.29, 0.717) is 11.6 Å². The number of benzene rings is 1. The fourth-order valence-corrected chi connectivity index (χ4v) is 4.51. The lowest BCUT2D eigenvalue weighted by Crippen LogP contribution is -2.41. The van der Waals surface area contributed by atoms with Crippen LogP contribution in [-0.2, 0) is 4.79 Å². The van der Waals surface area contributed by atoms with Crippen molar-refractivity contribution in [2.24, 2.45) is 5.92 Å². The van der Waals surface area contributed by atoms with Gasteiger partial charge in [-0.2, -0.15) is 0 Å². The summed E-state index contributed by atoms with van der Waals surface area (Å²) in [7, 11) is 0. The molecule has 2 unspecified atom stereocenters. The molecule has 0 saturated carbocycles. The van der Waals surface area contributed by atoms with Crippen LogP contribution in [-0.4, -0.2) is 29.1 Å². The van der Waals surface area contributed by atoms with Gasteiger partial charge in [0.05, 0.1) is 12.0 Å². The molecule has 0 spiro atoms. The molecule has 1 aliphatic heterocycles. The first-order valence-electron chi connectivity index (χ1n) is 7.83. The number of halogens is 1.